The van der Waals surface area contributed by atoms with Crippen LogP contribution in [0.15, 0.2) is 65.5 Å². The van der Waals surface area contributed by atoms with Crippen molar-refractivity contribution in [2.24, 2.45) is 0 Å². The van der Waals surface area contributed by atoms with Crippen LogP contribution < -0.4 is 5.32 Å². The van der Waals surface area contributed by atoms with Crippen molar-refractivity contribution >= 4 is 17.3 Å². The van der Waals surface area contributed by atoms with Gasteiger partial charge in [-0.2, -0.15) is 0 Å². The van der Waals surface area contributed by atoms with E-state index in [-0.39, 0.29) is 12.1 Å². The van der Waals surface area contributed by atoms with Crippen molar-refractivity contribution in [3.8, 4) is 0 Å². The van der Waals surface area contributed by atoms with Crippen LogP contribution in [-0.4, -0.2) is 25.6 Å². The van der Waals surface area contributed by atoms with E-state index in [1.54, 1.807) is 6.26 Å². The number of hydrogen-bond acceptors (Lipinski definition) is 3. The van der Waals surface area contributed by atoms with Crippen LogP contribution in [0.3, 0.4) is 0 Å². The molecule has 0 spiro atoms. The van der Waals surface area contributed by atoms with Crippen molar-refractivity contribution < 1.29 is 4.42 Å². The monoisotopic (exact) mass is 392 g/mol. The number of pyridine rings is 1. The van der Waals surface area contributed by atoms with E-state index in [0.717, 1.165) is 16.6 Å². The molecule has 0 aromatic carbocycles. The van der Waals surface area contributed by atoms with Crippen LogP contribution in [0, 0.1) is 0 Å². The Kier molecular flexibility index (Phi) is 4.64. The van der Waals surface area contributed by atoms with Gasteiger partial charge in [-0.05, 0) is 61.5 Å². The number of hydrogen-bond donors (Lipinski definition) is 1. The van der Waals surface area contributed by atoms with Crippen LogP contribution in [0.2, 0.25) is 0 Å². The van der Waals surface area contributed by atoms with Crippen molar-refractivity contribution in [2.75, 3.05) is 0 Å². The summed E-state index contributed by atoms with van der Waals surface area (Å²) in [6.45, 7) is 0.714. The van der Waals surface area contributed by atoms with Gasteiger partial charge >= 0.3 is 0 Å². The molecule has 0 bridgehead atoms. The number of thiocarbonyl (C=S) groups is 1. The molecule has 1 saturated carbocycles. The lowest BCUT2D eigenvalue weighted by atomic mass is 9.99. The summed E-state index contributed by atoms with van der Waals surface area (Å²) < 4.78 is 7.87. The van der Waals surface area contributed by atoms with Crippen molar-refractivity contribution in [3.05, 3.63) is 78.3 Å². The molecule has 4 heterocycles. The molecule has 2 aliphatic rings. The minimum Gasteiger partial charge on any atom is -0.467 e. The van der Waals surface area contributed by atoms with Gasteiger partial charge in [-0.3, -0.25) is 4.98 Å². The van der Waals surface area contributed by atoms with Crippen LogP contribution in [0.1, 0.15) is 54.9 Å². The van der Waals surface area contributed by atoms with Gasteiger partial charge in [-0.15, -0.1) is 0 Å². The quantitative estimate of drug-likeness (QED) is 0.651. The van der Waals surface area contributed by atoms with Gasteiger partial charge in [0.05, 0.1) is 30.6 Å². The predicted octanol–water partition coefficient (Wildman–Crippen LogP) is 4.44. The third-order valence-electron chi connectivity index (χ3n) is 5.93. The first-order valence-corrected chi connectivity index (χ1v) is 10.4. The van der Waals surface area contributed by atoms with Gasteiger partial charge in [0.1, 0.15) is 5.76 Å². The summed E-state index contributed by atoms with van der Waals surface area (Å²) in [5.41, 5.74) is 2.27. The molecule has 5 rings (SSSR count). The fraction of sp³-hybridized carbons (Fsp3) is 0.364. The highest BCUT2D eigenvalue weighted by Gasteiger charge is 2.44. The van der Waals surface area contributed by atoms with E-state index in [0.29, 0.717) is 12.6 Å². The second-order valence-electron chi connectivity index (χ2n) is 7.61. The number of aromatic nitrogens is 2. The number of nitrogens with one attached hydrogen (secondary N) is 1. The minimum atomic E-state index is 0.0413. The van der Waals surface area contributed by atoms with Crippen LogP contribution in [-0.2, 0) is 6.54 Å². The zero-order valence-electron chi connectivity index (χ0n) is 15.7. The SMILES string of the molecule is S=C1N[C@@H](c2ccccn2)[C@H](c2cccn2Cc2ccco2)N1C1CCCC1. The molecule has 5 nitrogen and oxygen atoms in total. The molecule has 3 aromatic heterocycles. The Morgan fingerprint density at radius 3 is 2.75 bits per heavy atom. The van der Waals surface area contributed by atoms with Crippen LogP contribution >= 0.6 is 12.2 Å². The Balaban J connectivity index is 1.55. The standard InChI is InChI=1S/C22H24N4OS/c28-22-24-20(18-10-3-4-12-23-18)21(26(22)16-7-1-2-8-16)19-11-5-13-25(19)15-17-9-6-14-27-17/h3-6,9-14,16,20-21H,1-2,7-8,15H2,(H,24,28)/t20-,21-/m0/s1. The van der Waals surface area contributed by atoms with Crippen molar-refractivity contribution in [3.63, 3.8) is 0 Å². The smallest absolute Gasteiger partial charge is 0.170 e. The van der Waals surface area contributed by atoms with E-state index in [2.05, 4.69) is 44.2 Å². The Morgan fingerprint density at radius 2 is 2.00 bits per heavy atom. The lowest BCUT2D eigenvalue weighted by Gasteiger charge is -2.33. The van der Waals surface area contributed by atoms with Gasteiger partial charge in [0.2, 0.25) is 0 Å². The van der Waals surface area contributed by atoms with E-state index < -0.39 is 0 Å². The first-order valence-electron chi connectivity index (χ1n) is 9.98. The molecule has 1 N–H and O–H groups in total. The predicted molar refractivity (Wildman–Crippen MR) is 112 cm³/mol. The molecule has 6 heteroatoms. The average molecular weight is 393 g/mol. The van der Waals surface area contributed by atoms with E-state index >= 15 is 0 Å². The molecule has 2 atom stereocenters. The van der Waals surface area contributed by atoms with Gasteiger partial charge < -0.3 is 19.2 Å². The highest BCUT2D eigenvalue weighted by atomic mass is 32.1. The zero-order valence-corrected chi connectivity index (χ0v) is 16.5. The molecule has 1 aliphatic carbocycles. The Morgan fingerprint density at radius 1 is 1.11 bits per heavy atom. The third kappa shape index (κ3) is 3.11. The Labute approximate surface area is 170 Å². The van der Waals surface area contributed by atoms with Crippen molar-refractivity contribution in [2.45, 2.75) is 50.4 Å². The highest BCUT2D eigenvalue weighted by Crippen LogP contribution is 2.43. The summed E-state index contributed by atoms with van der Waals surface area (Å²) in [6.07, 6.45) is 10.7. The van der Waals surface area contributed by atoms with Gasteiger partial charge in [0.15, 0.2) is 5.11 Å². The van der Waals surface area contributed by atoms with Gasteiger partial charge in [0, 0.05) is 24.1 Å². The molecule has 144 valence electrons. The molecule has 3 aromatic rings. The first-order chi connectivity index (χ1) is 13.8. The summed E-state index contributed by atoms with van der Waals surface area (Å²) in [4.78, 5) is 7.09. The summed E-state index contributed by atoms with van der Waals surface area (Å²) in [6, 6.07) is 15.0. The number of furan rings is 1. The van der Waals surface area contributed by atoms with E-state index in [9.17, 15) is 0 Å². The number of rotatable bonds is 5. The average Bonchev–Trinajstić information content (AvgIpc) is 3.50. The zero-order chi connectivity index (χ0) is 18.9. The van der Waals surface area contributed by atoms with Crippen LogP contribution in [0.5, 0.6) is 0 Å². The molecule has 2 fully saturated rings. The van der Waals surface area contributed by atoms with Gasteiger partial charge in [-0.25, -0.2) is 0 Å². The van der Waals surface area contributed by atoms with E-state index in [1.807, 2.05) is 30.5 Å². The topological polar surface area (TPSA) is 46.2 Å². The summed E-state index contributed by atoms with van der Waals surface area (Å²) in [5, 5.41) is 4.43. The second-order valence-corrected chi connectivity index (χ2v) is 8.00. The summed E-state index contributed by atoms with van der Waals surface area (Å²) in [7, 11) is 0. The fourth-order valence-electron chi connectivity index (χ4n) is 4.67. The van der Waals surface area contributed by atoms with Crippen molar-refractivity contribution in [1.29, 1.82) is 0 Å². The maximum atomic E-state index is 5.82. The Bertz CT molecular complexity index is 931. The van der Waals surface area contributed by atoms with Gasteiger partial charge in [0.25, 0.3) is 0 Å². The number of nitrogens with zero attached hydrogens (tertiary/aromatic N) is 3. The van der Waals surface area contributed by atoms with Crippen LogP contribution in [0.4, 0.5) is 0 Å². The summed E-state index contributed by atoms with van der Waals surface area (Å²) in [5.74, 6) is 0.952. The lowest BCUT2D eigenvalue weighted by molar-refractivity contribution is 0.236. The minimum absolute atomic E-state index is 0.0413. The second kappa shape index (κ2) is 7.43. The molecule has 28 heavy (non-hydrogen) atoms. The van der Waals surface area contributed by atoms with Crippen molar-refractivity contribution in [1.82, 2.24) is 19.8 Å². The molecule has 1 aliphatic heterocycles. The molecule has 0 radical (unpaired) electrons. The highest BCUT2D eigenvalue weighted by molar-refractivity contribution is 7.80. The molecular formula is C22H24N4OS. The normalized spacial score (nSPS) is 22.7. The Hall–Kier alpha value is -2.60. The summed E-state index contributed by atoms with van der Waals surface area (Å²) >= 11 is 5.82. The maximum absolute atomic E-state index is 5.82. The molecule has 0 amide bonds. The third-order valence-corrected chi connectivity index (χ3v) is 6.26. The largest absolute Gasteiger partial charge is 0.467 e. The van der Waals surface area contributed by atoms with E-state index in [4.69, 9.17) is 16.6 Å². The van der Waals surface area contributed by atoms with Crippen LogP contribution in [0.25, 0.3) is 0 Å². The maximum Gasteiger partial charge on any atom is 0.170 e. The molecule has 1 saturated heterocycles. The lowest BCUT2D eigenvalue weighted by Crippen LogP contribution is -2.38. The first kappa shape index (κ1) is 17.5. The molecular weight excluding hydrogens is 368 g/mol. The van der Waals surface area contributed by atoms with E-state index in [1.165, 1.54) is 31.4 Å². The fourth-order valence-corrected chi connectivity index (χ4v) is 5.06. The van der Waals surface area contributed by atoms with Gasteiger partial charge in [-0.1, -0.05) is 18.9 Å². The molecule has 0 unspecified atom stereocenters.